The number of aliphatic hydroxyl groups is 1. The summed E-state index contributed by atoms with van der Waals surface area (Å²) in [5, 5.41) is 10.7. The van der Waals surface area contributed by atoms with Crippen LogP contribution in [0.15, 0.2) is 24.3 Å². The molecule has 1 aromatic rings. The first kappa shape index (κ1) is 14.4. The topological polar surface area (TPSA) is 78.6 Å². The highest BCUT2D eigenvalue weighted by molar-refractivity contribution is 5.99. The molecule has 2 unspecified atom stereocenters. The molecule has 114 valence electrons. The van der Waals surface area contributed by atoms with Crippen LogP contribution < -0.4 is 11.3 Å². The van der Waals surface area contributed by atoms with Gasteiger partial charge in [0.15, 0.2) is 0 Å². The quantitative estimate of drug-likeness (QED) is 0.572. The highest BCUT2D eigenvalue weighted by Crippen LogP contribution is 2.40. The summed E-state index contributed by atoms with van der Waals surface area (Å²) < 4.78 is 0. The van der Waals surface area contributed by atoms with Crippen LogP contribution in [-0.2, 0) is 0 Å². The molecule has 2 atom stereocenters. The SMILES string of the molecule is NNc1ccccc1C(=O)N1CCC2(O)CCCCC2C1. The van der Waals surface area contributed by atoms with Crippen LogP contribution in [0.1, 0.15) is 42.5 Å². The van der Waals surface area contributed by atoms with Gasteiger partial charge in [0.05, 0.1) is 16.9 Å². The van der Waals surface area contributed by atoms with Crippen LogP contribution in [0.3, 0.4) is 0 Å². The number of carbonyl (C=O) groups excluding carboxylic acids is 1. The number of amides is 1. The van der Waals surface area contributed by atoms with Crippen molar-refractivity contribution in [3.63, 3.8) is 0 Å². The third-order valence-corrected chi connectivity index (χ3v) is 5.03. The van der Waals surface area contributed by atoms with Gasteiger partial charge in [0.1, 0.15) is 0 Å². The molecule has 1 saturated carbocycles. The molecule has 1 aliphatic carbocycles. The Morgan fingerprint density at radius 2 is 2.14 bits per heavy atom. The van der Waals surface area contributed by atoms with Gasteiger partial charge in [-0.05, 0) is 31.4 Å². The summed E-state index contributed by atoms with van der Waals surface area (Å²) in [6.45, 7) is 1.26. The number of likely N-dealkylation sites (tertiary alicyclic amines) is 1. The lowest BCUT2D eigenvalue weighted by atomic mass is 9.71. The number of nitrogens with two attached hydrogens (primary N) is 1. The molecule has 5 heteroatoms. The summed E-state index contributed by atoms with van der Waals surface area (Å²) in [6, 6.07) is 7.28. The van der Waals surface area contributed by atoms with Crippen LogP contribution in [0.25, 0.3) is 0 Å². The summed E-state index contributed by atoms with van der Waals surface area (Å²) in [5.41, 5.74) is 3.27. The van der Waals surface area contributed by atoms with Gasteiger partial charge in [-0.1, -0.05) is 25.0 Å². The molecule has 21 heavy (non-hydrogen) atoms. The molecule has 0 aromatic heterocycles. The van der Waals surface area contributed by atoms with E-state index in [0.29, 0.717) is 30.8 Å². The van der Waals surface area contributed by atoms with E-state index in [1.54, 1.807) is 12.1 Å². The van der Waals surface area contributed by atoms with E-state index < -0.39 is 5.60 Å². The lowest BCUT2D eigenvalue weighted by molar-refractivity contribution is -0.0886. The molecule has 1 aliphatic heterocycles. The van der Waals surface area contributed by atoms with E-state index >= 15 is 0 Å². The maximum Gasteiger partial charge on any atom is 0.256 e. The van der Waals surface area contributed by atoms with Gasteiger partial charge in [0.25, 0.3) is 5.91 Å². The zero-order valence-corrected chi connectivity index (χ0v) is 12.2. The van der Waals surface area contributed by atoms with Crippen LogP contribution in [0.4, 0.5) is 5.69 Å². The second kappa shape index (κ2) is 5.66. The van der Waals surface area contributed by atoms with Gasteiger partial charge in [-0.2, -0.15) is 0 Å². The minimum atomic E-state index is -0.555. The van der Waals surface area contributed by atoms with Crippen LogP contribution in [0, 0.1) is 5.92 Å². The molecule has 0 bridgehead atoms. The van der Waals surface area contributed by atoms with Crippen molar-refractivity contribution in [1.82, 2.24) is 4.90 Å². The normalized spacial score (nSPS) is 28.9. The first-order valence-electron chi connectivity index (χ1n) is 7.71. The average Bonchev–Trinajstić information content (AvgIpc) is 2.53. The van der Waals surface area contributed by atoms with Crippen LogP contribution in [0.5, 0.6) is 0 Å². The number of para-hydroxylation sites is 1. The molecule has 4 N–H and O–H groups in total. The molecule has 3 rings (SSSR count). The highest BCUT2D eigenvalue weighted by Gasteiger charge is 2.43. The van der Waals surface area contributed by atoms with Gasteiger partial charge >= 0.3 is 0 Å². The van der Waals surface area contributed by atoms with Crippen molar-refractivity contribution in [2.45, 2.75) is 37.7 Å². The number of fused-ring (bicyclic) bond motifs is 1. The second-order valence-electron chi connectivity index (χ2n) is 6.24. The van der Waals surface area contributed by atoms with Crippen LogP contribution in [-0.4, -0.2) is 34.6 Å². The fourth-order valence-electron chi connectivity index (χ4n) is 3.72. The number of anilines is 1. The van der Waals surface area contributed by atoms with Gasteiger partial charge < -0.3 is 15.4 Å². The van der Waals surface area contributed by atoms with E-state index in [1.165, 1.54) is 0 Å². The van der Waals surface area contributed by atoms with Gasteiger partial charge in [-0.15, -0.1) is 0 Å². The molecule has 1 heterocycles. The number of nitrogen functional groups attached to an aromatic ring is 1. The molecule has 1 aromatic carbocycles. The van der Waals surface area contributed by atoms with Crippen molar-refractivity contribution >= 4 is 11.6 Å². The number of hydrogen-bond donors (Lipinski definition) is 3. The maximum absolute atomic E-state index is 12.7. The molecule has 2 fully saturated rings. The Labute approximate surface area is 125 Å². The largest absolute Gasteiger partial charge is 0.389 e. The third kappa shape index (κ3) is 2.63. The molecule has 1 saturated heterocycles. The summed E-state index contributed by atoms with van der Waals surface area (Å²) in [4.78, 5) is 14.6. The Morgan fingerprint density at radius 1 is 1.33 bits per heavy atom. The van der Waals surface area contributed by atoms with E-state index in [4.69, 9.17) is 5.84 Å². The molecule has 1 amide bonds. The smallest absolute Gasteiger partial charge is 0.256 e. The minimum Gasteiger partial charge on any atom is -0.389 e. The Morgan fingerprint density at radius 3 is 2.95 bits per heavy atom. The molecule has 0 radical (unpaired) electrons. The van der Waals surface area contributed by atoms with E-state index in [1.807, 2.05) is 17.0 Å². The first-order valence-corrected chi connectivity index (χ1v) is 7.71. The number of nitrogens with one attached hydrogen (secondary N) is 1. The number of nitrogens with zero attached hydrogens (tertiary/aromatic N) is 1. The van der Waals surface area contributed by atoms with Crippen molar-refractivity contribution in [2.24, 2.45) is 11.8 Å². The van der Waals surface area contributed by atoms with Gasteiger partial charge in [-0.25, -0.2) is 0 Å². The zero-order chi connectivity index (χ0) is 14.9. The van der Waals surface area contributed by atoms with Gasteiger partial charge in [0, 0.05) is 19.0 Å². The van der Waals surface area contributed by atoms with Gasteiger partial charge in [-0.3, -0.25) is 10.6 Å². The molecular weight excluding hydrogens is 266 g/mol. The molecule has 5 nitrogen and oxygen atoms in total. The summed E-state index contributed by atoms with van der Waals surface area (Å²) in [6.07, 6.45) is 4.82. The standard InChI is InChI=1S/C16H23N3O2/c17-18-14-7-2-1-6-13(14)15(20)19-10-9-16(21)8-4-3-5-12(16)11-19/h1-2,6-7,12,18,21H,3-5,8-11,17H2. The van der Waals surface area contributed by atoms with Crippen LogP contribution in [0.2, 0.25) is 0 Å². The van der Waals surface area contributed by atoms with Crippen molar-refractivity contribution < 1.29 is 9.90 Å². The zero-order valence-electron chi connectivity index (χ0n) is 12.2. The van der Waals surface area contributed by atoms with Crippen molar-refractivity contribution in [2.75, 3.05) is 18.5 Å². The predicted molar refractivity (Wildman–Crippen MR) is 81.7 cm³/mol. The molecule has 0 spiro atoms. The van der Waals surface area contributed by atoms with Crippen molar-refractivity contribution in [3.8, 4) is 0 Å². The van der Waals surface area contributed by atoms with E-state index in [2.05, 4.69) is 5.43 Å². The number of piperidine rings is 1. The predicted octanol–water partition coefficient (Wildman–Crippen LogP) is 1.74. The second-order valence-corrected chi connectivity index (χ2v) is 6.24. The Hall–Kier alpha value is -1.59. The van der Waals surface area contributed by atoms with E-state index in [-0.39, 0.29) is 11.8 Å². The van der Waals surface area contributed by atoms with Crippen LogP contribution >= 0.6 is 0 Å². The fraction of sp³-hybridized carbons (Fsp3) is 0.562. The molecular formula is C16H23N3O2. The number of rotatable bonds is 2. The lowest BCUT2D eigenvalue weighted by Gasteiger charge is -2.47. The van der Waals surface area contributed by atoms with Gasteiger partial charge in [0.2, 0.25) is 0 Å². The number of hydrazine groups is 1. The monoisotopic (exact) mass is 289 g/mol. The third-order valence-electron chi connectivity index (χ3n) is 5.03. The van der Waals surface area contributed by atoms with E-state index in [9.17, 15) is 9.90 Å². The number of carbonyl (C=O) groups is 1. The minimum absolute atomic E-state index is 0.00354. The Balaban J connectivity index is 1.77. The summed E-state index contributed by atoms with van der Waals surface area (Å²) in [5.74, 6) is 5.69. The highest BCUT2D eigenvalue weighted by atomic mass is 16.3. The summed E-state index contributed by atoms with van der Waals surface area (Å²) >= 11 is 0. The van der Waals surface area contributed by atoms with Crippen molar-refractivity contribution in [1.29, 1.82) is 0 Å². The van der Waals surface area contributed by atoms with Crippen molar-refractivity contribution in [3.05, 3.63) is 29.8 Å². The fourth-order valence-corrected chi connectivity index (χ4v) is 3.72. The molecule has 2 aliphatic rings. The Bertz CT molecular complexity index is 534. The number of benzene rings is 1. The van der Waals surface area contributed by atoms with E-state index in [0.717, 1.165) is 25.7 Å². The number of hydrogen-bond acceptors (Lipinski definition) is 4. The lowest BCUT2D eigenvalue weighted by Crippen LogP contribution is -2.54. The maximum atomic E-state index is 12.7. The average molecular weight is 289 g/mol. The summed E-state index contributed by atoms with van der Waals surface area (Å²) in [7, 11) is 0. The Kier molecular flexibility index (Phi) is 3.87. The first-order chi connectivity index (χ1) is 10.1.